The van der Waals surface area contributed by atoms with Crippen LogP contribution in [-0.4, -0.2) is 11.7 Å². The van der Waals surface area contributed by atoms with Gasteiger partial charge < -0.3 is 5.11 Å². The Morgan fingerprint density at radius 2 is 1.77 bits per heavy atom. The van der Waals surface area contributed by atoms with Gasteiger partial charge in [-0.3, -0.25) is 0 Å². The maximum atomic E-state index is 8.55. The second-order valence-electron chi connectivity index (χ2n) is 2.62. The first-order chi connectivity index (χ1) is 6.22. The maximum absolute atomic E-state index is 8.55. The van der Waals surface area contributed by atoms with Crippen LogP contribution in [0.15, 0.2) is 24.3 Å². The number of aliphatic hydroxyl groups excluding tert-OH is 1. The predicted molar refractivity (Wildman–Crippen MR) is 57.2 cm³/mol. The summed E-state index contributed by atoms with van der Waals surface area (Å²) in [5, 5.41) is 9.79. The van der Waals surface area contributed by atoms with Gasteiger partial charge in [-0.25, -0.2) is 0 Å². The van der Waals surface area contributed by atoms with Crippen molar-refractivity contribution in [3.05, 3.63) is 39.9 Å². The average molecular weight is 217 g/mol. The van der Waals surface area contributed by atoms with Gasteiger partial charge in [0, 0.05) is 16.7 Å². The van der Waals surface area contributed by atoms with Gasteiger partial charge >= 0.3 is 0 Å². The third kappa shape index (κ3) is 3.81. The van der Waals surface area contributed by atoms with Gasteiger partial charge in [-0.05, 0) is 30.2 Å². The maximum Gasteiger partial charge on any atom is 0.0465 e. The topological polar surface area (TPSA) is 20.2 Å². The molecule has 0 aliphatic carbocycles. The van der Waals surface area contributed by atoms with Crippen molar-refractivity contribution in [2.75, 3.05) is 6.61 Å². The van der Waals surface area contributed by atoms with Crippen LogP contribution < -0.4 is 0 Å². The van der Waals surface area contributed by atoms with Crippen molar-refractivity contribution in [3.8, 4) is 0 Å². The van der Waals surface area contributed by atoms with E-state index in [1.165, 1.54) is 0 Å². The van der Waals surface area contributed by atoms with Crippen LogP contribution in [0.2, 0.25) is 10.0 Å². The predicted octanol–water partition coefficient (Wildman–Crippen LogP) is 3.39. The Kier molecular flexibility index (Phi) is 4.29. The van der Waals surface area contributed by atoms with E-state index in [0.29, 0.717) is 16.5 Å². The van der Waals surface area contributed by atoms with E-state index in [9.17, 15) is 0 Å². The Balaban J connectivity index is 2.77. The van der Waals surface area contributed by atoms with Crippen molar-refractivity contribution in [2.24, 2.45) is 0 Å². The summed E-state index contributed by atoms with van der Waals surface area (Å²) in [6, 6.07) is 5.33. The lowest BCUT2D eigenvalue weighted by atomic mass is 10.2. The van der Waals surface area contributed by atoms with E-state index < -0.39 is 0 Å². The van der Waals surface area contributed by atoms with E-state index >= 15 is 0 Å². The zero-order valence-electron chi connectivity index (χ0n) is 7.00. The Labute approximate surface area is 87.6 Å². The second-order valence-corrected chi connectivity index (χ2v) is 3.49. The first-order valence-corrected chi connectivity index (χ1v) is 4.71. The van der Waals surface area contributed by atoms with E-state index in [4.69, 9.17) is 28.3 Å². The molecule has 0 bridgehead atoms. The summed E-state index contributed by atoms with van der Waals surface area (Å²) >= 11 is 11.6. The fourth-order valence-corrected chi connectivity index (χ4v) is 1.51. The van der Waals surface area contributed by atoms with E-state index in [1.807, 2.05) is 24.3 Å². The molecule has 1 aromatic carbocycles. The molecule has 0 saturated carbocycles. The standard InChI is InChI=1S/C10H10Cl2O/c11-9-5-8(3-1-2-4-13)6-10(12)7-9/h1,3,5-7,13H,2,4H2. The van der Waals surface area contributed by atoms with Crippen molar-refractivity contribution >= 4 is 29.3 Å². The Morgan fingerprint density at radius 3 is 2.31 bits per heavy atom. The highest BCUT2D eigenvalue weighted by atomic mass is 35.5. The van der Waals surface area contributed by atoms with Gasteiger partial charge in [-0.1, -0.05) is 35.4 Å². The van der Waals surface area contributed by atoms with Gasteiger partial charge in [0.05, 0.1) is 0 Å². The minimum absolute atomic E-state index is 0.158. The molecule has 0 amide bonds. The Bertz CT molecular complexity index is 288. The number of halogens is 2. The van der Waals surface area contributed by atoms with Crippen molar-refractivity contribution in [3.63, 3.8) is 0 Å². The molecule has 0 saturated heterocycles. The van der Waals surface area contributed by atoms with Crippen LogP contribution in [0.4, 0.5) is 0 Å². The minimum atomic E-state index is 0.158. The molecule has 3 heteroatoms. The third-order valence-electron chi connectivity index (χ3n) is 1.49. The van der Waals surface area contributed by atoms with Crippen molar-refractivity contribution < 1.29 is 5.11 Å². The SMILES string of the molecule is OCCC=Cc1cc(Cl)cc(Cl)c1. The first kappa shape index (κ1) is 10.6. The second kappa shape index (κ2) is 5.28. The molecule has 1 nitrogen and oxygen atoms in total. The number of benzene rings is 1. The molecule has 0 aliphatic rings. The van der Waals surface area contributed by atoms with Crippen LogP contribution in [0.25, 0.3) is 6.08 Å². The van der Waals surface area contributed by atoms with E-state index in [0.717, 1.165) is 5.56 Å². The Hall–Kier alpha value is -0.500. The van der Waals surface area contributed by atoms with Gasteiger partial charge in [0.25, 0.3) is 0 Å². The van der Waals surface area contributed by atoms with E-state index in [-0.39, 0.29) is 6.61 Å². The molecule has 0 unspecified atom stereocenters. The molecule has 0 aromatic heterocycles. The van der Waals surface area contributed by atoms with Crippen molar-refractivity contribution in [1.82, 2.24) is 0 Å². The van der Waals surface area contributed by atoms with Gasteiger partial charge in [0.2, 0.25) is 0 Å². The smallest absolute Gasteiger partial charge is 0.0465 e. The summed E-state index contributed by atoms with van der Waals surface area (Å²) in [6.45, 7) is 0.158. The summed E-state index contributed by atoms with van der Waals surface area (Å²) in [4.78, 5) is 0. The zero-order chi connectivity index (χ0) is 9.68. The lowest BCUT2D eigenvalue weighted by molar-refractivity contribution is 0.303. The molecule has 0 aliphatic heterocycles. The normalized spacial score (nSPS) is 11.0. The Morgan fingerprint density at radius 1 is 1.15 bits per heavy atom. The molecular weight excluding hydrogens is 207 g/mol. The number of hydrogen-bond acceptors (Lipinski definition) is 1. The summed E-state index contributed by atoms with van der Waals surface area (Å²) in [5.74, 6) is 0. The minimum Gasteiger partial charge on any atom is -0.396 e. The van der Waals surface area contributed by atoms with E-state index in [2.05, 4.69) is 0 Å². The molecule has 70 valence electrons. The highest BCUT2D eigenvalue weighted by Gasteiger charge is 1.93. The first-order valence-electron chi connectivity index (χ1n) is 3.96. The molecule has 13 heavy (non-hydrogen) atoms. The van der Waals surface area contributed by atoms with Crippen molar-refractivity contribution in [1.29, 1.82) is 0 Å². The van der Waals surface area contributed by atoms with Crippen LogP contribution in [0.1, 0.15) is 12.0 Å². The molecule has 0 heterocycles. The largest absolute Gasteiger partial charge is 0.396 e. The van der Waals surface area contributed by atoms with Gasteiger partial charge in [0.15, 0.2) is 0 Å². The van der Waals surface area contributed by atoms with Gasteiger partial charge in [0.1, 0.15) is 0 Å². The fourth-order valence-electron chi connectivity index (χ4n) is 0.965. The molecule has 0 atom stereocenters. The van der Waals surface area contributed by atoms with E-state index in [1.54, 1.807) is 6.07 Å². The zero-order valence-corrected chi connectivity index (χ0v) is 8.52. The number of hydrogen-bond donors (Lipinski definition) is 1. The van der Waals surface area contributed by atoms with Gasteiger partial charge in [-0.2, -0.15) is 0 Å². The summed E-state index contributed by atoms with van der Waals surface area (Å²) in [7, 11) is 0. The molecular formula is C10H10Cl2O. The quantitative estimate of drug-likeness (QED) is 0.822. The third-order valence-corrected chi connectivity index (χ3v) is 1.93. The monoisotopic (exact) mass is 216 g/mol. The average Bonchev–Trinajstić information content (AvgIpc) is 2.03. The lowest BCUT2D eigenvalue weighted by Gasteiger charge is -1.96. The van der Waals surface area contributed by atoms with Crippen LogP contribution in [-0.2, 0) is 0 Å². The molecule has 0 fully saturated rings. The fraction of sp³-hybridized carbons (Fsp3) is 0.200. The highest BCUT2D eigenvalue weighted by Crippen LogP contribution is 2.19. The summed E-state index contributed by atoms with van der Waals surface area (Å²) in [6.07, 6.45) is 4.40. The van der Waals surface area contributed by atoms with Crippen LogP contribution in [0.5, 0.6) is 0 Å². The summed E-state index contributed by atoms with van der Waals surface area (Å²) in [5.41, 5.74) is 0.950. The van der Waals surface area contributed by atoms with Crippen molar-refractivity contribution in [2.45, 2.75) is 6.42 Å². The summed E-state index contributed by atoms with van der Waals surface area (Å²) < 4.78 is 0. The molecule has 1 rings (SSSR count). The highest BCUT2D eigenvalue weighted by molar-refractivity contribution is 6.34. The molecule has 1 aromatic rings. The van der Waals surface area contributed by atoms with Crippen LogP contribution in [0.3, 0.4) is 0 Å². The molecule has 0 spiro atoms. The lowest BCUT2D eigenvalue weighted by Crippen LogP contribution is -1.77. The van der Waals surface area contributed by atoms with Gasteiger partial charge in [-0.15, -0.1) is 0 Å². The van der Waals surface area contributed by atoms with Crippen LogP contribution >= 0.6 is 23.2 Å². The number of rotatable bonds is 3. The molecule has 1 N–H and O–H groups in total. The number of aliphatic hydroxyl groups is 1. The molecule has 0 radical (unpaired) electrons. The van der Waals surface area contributed by atoms with Crippen LogP contribution in [0, 0.1) is 0 Å².